The normalized spacial score (nSPS) is 10.4. The van der Waals surface area contributed by atoms with Crippen molar-refractivity contribution in [1.82, 2.24) is 9.78 Å². The Labute approximate surface area is 87.1 Å². The Bertz CT molecular complexity index is 462. The molecule has 2 rings (SSSR count). The summed E-state index contributed by atoms with van der Waals surface area (Å²) in [6.07, 6.45) is 1.86. The molecule has 0 spiro atoms. The van der Waals surface area contributed by atoms with Gasteiger partial charge in [-0.3, -0.25) is 0 Å². The van der Waals surface area contributed by atoms with Crippen LogP contribution in [0.25, 0.3) is 5.69 Å². The Morgan fingerprint density at radius 2 is 2.14 bits per heavy atom. The monoisotopic (exact) mass is 207 g/mol. The molecule has 0 bridgehead atoms. The number of para-hydroxylation sites is 1. The van der Waals surface area contributed by atoms with Gasteiger partial charge >= 0.3 is 0 Å². The molecule has 0 amide bonds. The quantitative estimate of drug-likeness (QED) is 0.730. The smallest absolute Gasteiger partial charge is 0.0890 e. The Morgan fingerprint density at radius 3 is 2.79 bits per heavy atom. The first-order valence-corrected chi connectivity index (χ1v) is 4.63. The highest BCUT2D eigenvalue weighted by molar-refractivity contribution is 6.33. The Balaban J connectivity index is 2.57. The van der Waals surface area contributed by atoms with Crippen molar-refractivity contribution in [2.45, 2.75) is 6.92 Å². The molecular weight excluding hydrogens is 198 g/mol. The number of anilines is 1. The molecule has 0 atom stereocenters. The third-order valence-electron chi connectivity index (χ3n) is 2.00. The van der Waals surface area contributed by atoms with E-state index in [1.807, 2.05) is 31.3 Å². The van der Waals surface area contributed by atoms with Gasteiger partial charge in [0.15, 0.2) is 0 Å². The summed E-state index contributed by atoms with van der Waals surface area (Å²) in [5.74, 6) is 0. The van der Waals surface area contributed by atoms with E-state index in [9.17, 15) is 0 Å². The predicted molar refractivity (Wildman–Crippen MR) is 57.7 cm³/mol. The molecule has 0 radical (unpaired) electrons. The highest BCUT2D eigenvalue weighted by Gasteiger charge is 2.05. The van der Waals surface area contributed by atoms with E-state index in [1.54, 1.807) is 10.7 Å². The molecule has 0 saturated heterocycles. The summed E-state index contributed by atoms with van der Waals surface area (Å²) in [5.41, 5.74) is 8.14. The first-order chi connectivity index (χ1) is 6.68. The Morgan fingerprint density at radius 1 is 1.36 bits per heavy atom. The molecule has 1 heterocycles. The molecule has 4 heteroatoms. The number of hydrogen-bond acceptors (Lipinski definition) is 2. The van der Waals surface area contributed by atoms with Crippen molar-refractivity contribution >= 4 is 17.3 Å². The van der Waals surface area contributed by atoms with Gasteiger partial charge in [0, 0.05) is 6.20 Å². The van der Waals surface area contributed by atoms with Crippen LogP contribution in [0.3, 0.4) is 0 Å². The van der Waals surface area contributed by atoms with E-state index in [1.165, 1.54) is 0 Å². The van der Waals surface area contributed by atoms with E-state index in [0.29, 0.717) is 10.7 Å². The van der Waals surface area contributed by atoms with Gasteiger partial charge in [-0.25, -0.2) is 4.68 Å². The fourth-order valence-corrected chi connectivity index (χ4v) is 1.44. The van der Waals surface area contributed by atoms with E-state index < -0.39 is 0 Å². The van der Waals surface area contributed by atoms with Gasteiger partial charge in [-0.05, 0) is 25.1 Å². The van der Waals surface area contributed by atoms with Gasteiger partial charge in [0.05, 0.1) is 22.1 Å². The average Bonchev–Trinajstić information content (AvgIpc) is 2.57. The number of aromatic nitrogens is 2. The lowest BCUT2D eigenvalue weighted by molar-refractivity contribution is 0.865. The second kappa shape index (κ2) is 3.35. The van der Waals surface area contributed by atoms with Gasteiger partial charge in [-0.1, -0.05) is 17.7 Å². The van der Waals surface area contributed by atoms with E-state index in [-0.39, 0.29) is 0 Å². The largest absolute Gasteiger partial charge is 0.396 e. The van der Waals surface area contributed by atoms with Crippen LogP contribution in [0, 0.1) is 6.92 Å². The maximum atomic E-state index is 5.90. The minimum Gasteiger partial charge on any atom is -0.396 e. The highest BCUT2D eigenvalue weighted by Crippen LogP contribution is 2.24. The lowest BCUT2D eigenvalue weighted by Gasteiger charge is -2.06. The third kappa shape index (κ3) is 1.46. The van der Waals surface area contributed by atoms with Crippen LogP contribution in [0.15, 0.2) is 30.5 Å². The molecule has 0 aliphatic rings. The van der Waals surface area contributed by atoms with E-state index in [2.05, 4.69) is 5.10 Å². The lowest BCUT2D eigenvalue weighted by Crippen LogP contribution is -2.00. The van der Waals surface area contributed by atoms with Gasteiger partial charge in [0.2, 0.25) is 0 Å². The molecular formula is C10H10ClN3. The van der Waals surface area contributed by atoms with Crippen LogP contribution in [-0.2, 0) is 0 Å². The van der Waals surface area contributed by atoms with Gasteiger partial charge < -0.3 is 5.73 Å². The number of hydrogen-bond donors (Lipinski definition) is 1. The Kier molecular flexibility index (Phi) is 2.17. The van der Waals surface area contributed by atoms with Gasteiger partial charge in [-0.15, -0.1) is 0 Å². The maximum absolute atomic E-state index is 5.90. The van der Waals surface area contributed by atoms with Gasteiger partial charge in [0.1, 0.15) is 0 Å². The fourth-order valence-electron chi connectivity index (χ4n) is 1.27. The number of nitrogens with zero attached hydrogens (tertiary/aromatic N) is 2. The van der Waals surface area contributed by atoms with Crippen molar-refractivity contribution < 1.29 is 0 Å². The molecule has 1 aromatic heterocycles. The van der Waals surface area contributed by atoms with Crippen LogP contribution in [0.1, 0.15) is 5.69 Å². The van der Waals surface area contributed by atoms with Crippen LogP contribution < -0.4 is 5.73 Å². The van der Waals surface area contributed by atoms with Crippen molar-refractivity contribution in [2.75, 3.05) is 5.73 Å². The van der Waals surface area contributed by atoms with Crippen molar-refractivity contribution in [1.29, 1.82) is 0 Å². The van der Waals surface area contributed by atoms with E-state index in [4.69, 9.17) is 17.3 Å². The highest BCUT2D eigenvalue weighted by atomic mass is 35.5. The van der Waals surface area contributed by atoms with Crippen LogP contribution in [0.2, 0.25) is 5.02 Å². The molecule has 14 heavy (non-hydrogen) atoms. The number of rotatable bonds is 1. The minimum atomic E-state index is 0.552. The molecule has 0 unspecified atom stereocenters. The standard InChI is InChI=1S/C10H10ClN3/c1-7-5-6-14(13-7)9-4-2-3-8(11)10(9)12/h2-6H,12H2,1H3. The van der Waals surface area contributed by atoms with Crippen LogP contribution in [0.5, 0.6) is 0 Å². The van der Waals surface area contributed by atoms with Crippen molar-refractivity contribution in [3.05, 3.63) is 41.2 Å². The SMILES string of the molecule is Cc1ccn(-c2cccc(Cl)c2N)n1. The van der Waals surface area contributed by atoms with Gasteiger partial charge in [-0.2, -0.15) is 5.10 Å². The maximum Gasteiger partial charge on any atom is 0.0890 e. The number of nitrogens with two attached hydrogens (primary N) is 1. The summed E-state index contributed by atoms with van der Waals surface area (Å²) in [7, 11) is 0. The summed E-state index contributed by atoms with van der Waals surface area (Å²) >= 11 is 5.90. The summed E-state index contributed by atoms with van der Waals surface area (Å²) in [4.78, 5) is 0. The number of nitrogen functional groups attached to an aromatic ring is 1. The Hall–Kier alpha value is -1.48. The third-order valence-corrected chi connectivity index (χ3v) is 2.33. The molecule has 3 nitrogen and oxygen atoms in total. The number of benzene rings is 1. The molecule has 2 N–H and O–H groups in total. The number of halogens is 1. The van der Waals surface area contributed by atoms with Crippen LogP contribution in [0.4, 0.5) is 5.69 Å². The van der Waals surface area contributed by atoms with Crippen LogP contribution >= 0.6 is 11.6 Å². The van der Waals surface area contributed by atoms with E-state index in [0.717, 1.165) is 11.4 Å². The predicted octanol–water partition coefficient (Wildman–Crippen LogP) is 2.42. The van der Waals surface area contributed by atoms with Crippen LogP contribution in [-0.4, -0.2) is 9.78 Å². The second-order valence-corrected chi connectivity index (χ2v) is 3.48. The number of aryl methyl sites for hydroxylation is 1. The molecule has 0 aliphatic heterocycles. The average molecular weight is 208 g/mol. The second-order valence-electron chi connectivity index (χ2n) is 3.07. The summed E-state index contributed by atoms with van der Waals surface area (Å²) in [6.45, 7) is 1.93. The van der Waals surface area contributed by atoms with Gasteiger partial charge in [0.25, 0.3) is 0 Å². The summed E-state index contributed by atoms with van der Waals surface area (Å²) < 4.78 is 1.72. The fraction of sp³-hybridized carbons (Fsp3) is 0.100. The first kappa shape index (κ1) is 9.09. The molecule has 72 valence electrons. The summed E-state index contributed by atoms with van der Waals surface area (Å²) in [6, 6.07) is 7.41. The lowest BCUT2D eigenvalue weighted by atomic mass is 10.3. The minimum absolute atomic E-state index is 0.552. The van der Waals surface area contributed by atoms with Crippen molar-refractivity contribution in [2.24, 2.45) is 0 Å². The summed E-state index contributed by atoms with van der Waals surface area (Å²) in [5, 5.41) is 4.81. The zero-order chi connectivity index (χ0) is 10.1. The van der Waals surface area contributed by atoms with E-state index >= 15 is 0 Å². The van der Waals surface area contributed by atoms with Crippen molar-refractivity contribution in [3.63, 3.8) is 0 Å². The molecule has 0 saturated carbocycles. The molecule has 1 aromatic carbocycles. The zero-order valence-electron chi connectivity index (χ0n) is 7.74. The first-order valence-electron chi connectivity index (χ1n) is 4.25. The molecule has 0 aliphatic carbocycles. The molecule has 0 fully saturated rings. The topological polar surface area (TPSA) is 43.8 Å². The molecule has 2 aromatic rings. The zero-order valence-corrected chi connectivity index (χ0v) is 8.49. The van der Waals surface area contributed by atoms with Crippen molar-refractivity contribution in [3.8, 4) is 5.69 Å².